The molecule has 0 aliphatic carbocycles. The van der Waals surface area contributed by atoms with Crippen molar-refractivity contribution in [3.05, 3.63) is 33.3 Å². The predicted molar refractivity (Wildman–Crippen MR) is 124 cm³/mol. The molecule has 0 amide bonds. The largest absolute Gasteiger partial charge is 0.396 e. The van der Waals surface area contributed by atoms with Gasteiger partial charge >= 0.3 is 0 Å². The van der Waals surface area contributed by atoms with Crippen molar-refractivity contribution in [1.29, 1.82) is 0 Å². The molecule has 0 radical (unpaired) electrons. The van der Waals surface area contributed by atoms with Gasteiger partial charge in [0.2, 0.25) is 0 Å². The van der Waals surface area contributed by atoms with Crippen LogP contribution < -0.4 is 0 Å². The lowest BCUT2D eigenvalue weighted by Crippen LogP contribution is -2.50. The Bertz CT molecular complexity index is 922. The van der Waals surface area contributed by atoms with Gasteiger partial charge in [0.15, 0.2) is 0 Å². The molecule has 0 saturated carbocycles. The van der Waals surface area contributed by atoms with Crippen LogP contribution in [-0.2, 0) is 41.0 Å². The van der Waals surface area contributed by atoms with Gasteiger partial charge < -0.3 is 14.6 Å². The molecule has 3 aliphatic rings. The number of ether oxygens (including phenoxy) is 2. The number of likely N-dealkylation sites (tertiary alicyclic amines) is 1. The second-order valence-corrected chi connectivity index (χ2v) is 11.2. The number of fused-ring (bicyclic) bond motifs is 2. The van der Waals surface area contributed by atoms with E-state index in [1.807, 2.05) is 16.0 Å². The summed E-state index contributed by atoms with van der Waals surface area (Å²) < 4.78 is 13.9. The monoisotopic (exact) mass is 460 g/mol. The third-order valence-corrected chi connectivity index (χ3v) is 9.13. The number of nitrogens with zero attached hydrogens (tertiary/aromatic N) is 4. The van der Waals surface area contributed by atoms with Crippen molar-refractivity contribution in [2.75, 3.05) is 33.0 Å². The Morgan fingerprint density at radius 3 is 2.84 bits per heavy atom. The van der Waals surface area contributed by atoms with E-state index >= 15 is 0 Å². The zero-order valence-corrected chi connectivity index (χ0v) is 20.2. The van der Waals surface area contributed by atoms with E-state index in [0.29, 0.717) is 25.8 Å². The average Bonchev–Trinajstić information content (AvgIpc) is 3.44. The van der Waals surface area contributed by atoms with Crippen molar-refractivity contribution in [1.82, 2.24) is 19.9 Å². The second kappa shape index (κ2) is 9.14. The lowest BCUT2D eigenvalue weighted by molar-refractivity contribution is -0.112. The van der Waals surface area contributed by atoms with Gasteiger partial charge in [-0.1, -0.05) is 12.1 Å². The van der Waals surface area contributed by atoms with Gasteiger partial charge in [0, 0.05) is 60.1 Å². The van der Waals surface area contributed by atoms with E-state index in [2.05, 4.69) is 41.3 Å². The summed E-state index contributed by atoms with van der Waals surface area (Å²) in [7, 11) is 0. The van der Waals surface area contributed by atoms with Crippen LogP contribution in [0.25, 0.3) is 0 Å². The fourth-order valence-corrected chi connectivity index (χ4v) is 6.90. The first-order chi connectivity index (χ1) is 15.5. The van der Waals surface area contributed by atoms with Crippen molar-refractivity contribution in [3.63, 3.8) is 0 Å². The fraction of sp³-hybridized carbons (Fsp3) is 0.750. The SMILES string of the molecule is CCc1cc2c(s1)CCO[C@@]21CCN(Cc2cn(CC3(CO)CCOCC3)nn2)[C@@H](C)C1. The van der Waals surface area contributed by atoms with Crippen LogP contribution in [-0.4, -0.2) is 64.0 Å². The number of aliphatic hydroxyl groups is 1. The molecule has 0 unspecified atom stereocenters. The molecule has 0 bridgehead atoms. The minimum absolute atomic E-state index is 0.110. The van der Waals surface area contributed by atoms with E-state index < -0.39 is 0 Å². The zero-order chi connectivity index (χ0) is 22.2. The van der Waals surface area contributed by atoms with Crippen LogP contribution in [0.2, 0.25) is 0 Å². The number of hydrogen-bond donors (Lipinski definition) is 1. The van der Waals surface area contributed by atoms with Gasteiger partial charge in [-0.15, -0.1) is 16.4 Å². The average molecular weight is 461 g/mol. The molecular weight excluding hydrogens is 424 g/mol. The third kappa shape index (κ3) is 4.28. The summed E-state index contributed by atoms with van der Waals surface area (Å²) >= 11 is 1.99. The normalized spacial score (nSPS) is 28.2. The molecular formula is C24H36N4O3S. The summed E-state index contributed by atoms with van der Waals surface area (Å²) in [6, 6.07) is 2.84. The van der Waals surface area contributed by atoms with Gasteiger partial charge in [0.25, 0.3) is 0 Å². The van der Waals surface area contributed by atoms with Crippen LogP contribution in [0, 0.1) is 5.41 Å². The fourth-order valence-electron chi connectivity index (χ4n) is 5.72. The Kier molecular flexibility index (Phi) is 6.42. The van der Waals surface area contributed by atoms with E-state index in [1.54, 1.807) is 4.88 Å². The van der Waals surface area contributed by atoms with E-state index in [0.717, 1.165) is 63.9 Å². The minimum Gasteiger partial charge on any atom is -0.396 e. The summed E-state index contributed by atoms with van der Waals surface area (Å²) in [4.78, 5) is 5.54. The quantitative estimate of drug-likeness (QED) is 0.714. The highest BCUT2D eigenvalue weighted by Crippen LogP contribution is 2.46. The zero-order valence-electron chi connectivity index (χ0n) is 19.4. The maximum atomic E-state index is 9.98. The first kappa shape index (κ1) is 22.5. The second-order valence-electron chi connectivity index (χ2n) is 9.95. The number of piperidine rings is 1. The molecule has 0 aromatic carbocycles. The summed E-state index contributed by atoms with van der Waals surface area (Å²) in [6.07, 6.45) is 8.03. The van der Waals surface area contributed by atoms with Crippen LogP contribution in [0.5, 0.6) is 0 Å². The van der Waals surface area contributed by atoms with Crippen LogP contribution in [0.1, 0.15) is 60.5 Å². The summed E-state index contributed by atoms with van der Waals surface area (Å²) in [6.45, 7) is 9.51. The van der Waals surface area contributed by atoms with Crippen LogP contribution in [0.4, 0.5) is 0 Å². The number of aliphatic hydroxyl groups excluding tert-OH is 1. The topological polar surface area (TPSA) is 72.6 Å². The predicted octanol–water partition coefficient (Wildman–Crippen LogP) is 3.14. The van der Waals surface area contributed by atoms with Crippen molar-refractivity contribution < 1.29 is 14.6 Å². The minimum atomic E-state index is -0.137. The molecule has 2 saturated heterocycles. The van der Waals surface area contributed by atoms with Gasteiger partial charge in [-0.3, -0.25) is 9.58 Å². The Hall–Kier alpha value is -1.32. The Balaban J connectivity index is 1.24. The van der Waals surface area contributed by atoms with Gasteiger partial charge in [0.05, 0.1) is 31.1 Å². The van der Waals surface area contributed by atoms with Crippen molar-refractivity contribution >= 4 is 11.3 Å². The summed E-state index contributed by atoms with van der Waals surface area (Å²) in [5, 5.41) is 18.8. The Labute approximate surface area is 194 Å². The van der Waals surface area contributed by atoms with E-state index in [1.165, 1.54) is 10.4 Å². The van der Waals surface area contributed by atoms with Gasteiger partial charge in [-0.25, -0.2) is 0 Å². The highest BCUT2D eigenvalue weighted by atomic mass is 32.1. The molecule has 2 fully saturated rings. The molecule has 3 aliphatic heterocycles. The number of thiophene rings is 1. The third-order valence-electron chi connectivity index (χ3n) is 7.80. The van der Waals surface area contributed by atoms with Crippen LogP contribution in [0.3, 0.4) is 0 Å². The van der Waals surface area contributed by atoms with Gasteiger partial charge in [-0.05, 0) is 50.7 Å². The molecule has 2 atom stereocenters. The first-order valence-electron chi connectivity index (χ1n) is 12.1. The van der Waals surface area contributed by atoms with Crippen molar-refractivity contribution in [2.24, 2.45) is 5.41 Å². The maximum Gasteiger partial charge on any atom is 0.0969 e. The van der Waals surface area contributed by atoms with Crippen LogP contribution >= 0.6 is 11.3 Å². The maximum absolute atomic E-state index is 9.98. The molecule has 8 heteroatoms. The molecule has 1 spiro atoms. The molecule has 32 heavy (non-hydrogen) atoms. The first-order valence-corrected chi connectivity index (χ1v) is 12.9. The van der Waals surface area contributed by atoms with E-state index in [-0.39, 0.29) is 17.6 Å². The van der Waals surface area contributed by atoms with Crippen LogP contribution in [0.15, 0.2) is 12.3 Å². The molecule has 176 valence electrons. The number of rotatable bonds is 6. The molecule has 1 N–H and O–H groups in total. The molecule has 2 aromatic rings. The van der Waals surface area contributed by atoms with Crippen molar-refractivity contribution in [3.8, 4) is 0 Å². The molecule has 5 rings (SSSR count). The summed E-state index contributed by atoms with van der Waals surface area (Å²) in [5.74, 6) is 0. The lowest BCUT2D eigenvalue weighted by Gasteiger charge is -2.47. The van der Waals surface area contributed by atoms with Gasteiger partial charge in [-0.2, -0.15) is 0 Å². The highest BCUT2D eigenvalue weighted by molar-refractivity contribution is 7.12. The standard InChI is InChI=1S/C24H36N4O3S/c1-3-20-12-21-22(32-20)4-9-31-24(21)5-8-27(18(2)13-24)14-19-15-28(26-25-19)16-23(17-29)6-10-30-11-7-23/h12,15,18,29H,3-11,13-14,16-17H2,1-2H3/t18-,24+/m0/s1. The molecule has 2 aromatic heterocycles. The number of aromatic nitrogens is 3. The smallest absolute Gasteiger partial charge is 0.0969 e. The molecule has 7 nitrogen and oxygen atoms in total. The Morgan fingerprint density at radius 1 is 1.25 bits per heavy atom. The Morgan fingerprint density at radius 2 is 2.09 bits per heavy atom. The number of aryl methyl sites for hydroxylation is 1. The lowest BCUT2D eigenvalue weighted by atomic mass is 9.79. The van der Waals surface area contributed by atoms with Crippen molar-refractivity contribution in [2.45, 2.75) is 77.1 Å². The highest BCUT2D eigenvalue weighted by Gasteiger charge is 2.44. The summed E-state index contributed by atoms with van der Waals surface area (Å²) in [5.41, 5.74) is 2.22. The van der Waals surface area contributed by atoms with E-state index in [9.17, 15) is 5.11 Å². The number of hydrogen-bond acceptors (Lipinski definition) is 7. The van der Waals surface area contributed by atoms with E-state index in [4.69, 9.17) is 9.47 Å². The van der Waals surface area contributed by atoms with Gasteiger partial charge in [0.1, 0.15) is 0 Å². The molecule has 5 heterocycles.